The average Bonchev–Trinajstić information content (AvgIpc) is 2.84. The molecule has 0 aliphatic heterocycles. The van der Waals surface area contributed by atoms with Crippen LogP contribution in [0.15, 0.2) is 83.0 Å². The van der Waals surface area contributed by atoms with E-state index in [1.165, 1.54) is 60.7 Å². The second-order valence-corrected chi connectivity index (χ2v) is 6.61. The zero-order valence-corrected chi connectivity index (χ0v) is 17.3. The Morgan fingerprint density at radius 1 is 0.676 bits per heavy atom. The summed E-state index contributed by atoms with van der Waals surface area (Å²) >= 11 is 0. The van der Waals surface area contributed by atoms with Crippen LogP contribution in [0.25, 0.3) is 0 Å². The Bertz CT molecular complexity index is 1220. The standard InChI is InChI=1S/C22H16N6O6/c29-21(25-23-13-17-6-1-3-10-19(17)27(31)32)15-8-5-9-16(12-15)22(30)26-24-14-18-7-2-4-11-20(18)28(33)34/h1-14H,(H,25,29)(H,26,30). The molecule has 3 aromatic rings. The lowest BCUT2D eigenvalue weighted by molar-refractivity contribution is -0.385. The summed E-state index contributed by atoms with van der Waals surface area (Å²) in [6.45, 7) is 0. The third-order valence-corrected chi connectivity index (χ3v) is 4.39. The van der Waals surface area contributed by atoms with E-state index < -0.39 is 21.7 Å². The van der Waals surface area contributed by atoms with E-state index >= 15 is 0 Å². The van der Waals surface area contributed by atoms with Crippen molar-refractivity contribution in [1.82, 2.24) is 10.9 Å². The fourth-order valence-corrected chi connectivity index (χ4v) is 2.78. The van der Waals surface area contributed by atoms with Gasteiger partial charge in [0.2, 0.25) is 0 Å². The predicted molar refractivity (Wildman–Crippen MR) is 123 cm³/mol. The molecule has 0 fully saturated rings. The molecule has 12 heteroatoms. The normalized spacial score (nSPS) is 10.8. The predicted octanol–water partition coefficient (Wildman–Crippen LogP) is 3.03. The fourth-order valence-electron chi connectivity index (χ4n) is 2.78. The van der Waals surface area contributed by atoms with Crippen LogP contribution in [0.3, 0.4) is 0 Å². The van der Waals surface area contributed by atoms with Gasteiger partial charge in [0.05, 0.1) is 33.4 Å². The van der Waals surface area contributed by atoms with Crippen molar-refractivity contribution in [1.29, 1.82) is 0 Å². The highest BCUT2D eigenvalue weighted by molar-refractivity contribution is 6.00. The van der Waals surface area contributed by atoms with Gasteiger partial charge in [0.1, 0.15) is 0 Å². The molecule has 0 radical (unpaired) electrons. The molecule has 34 heavy (non-hydrogen) atoms. The minimum atomic E-state index is -0.645. The van der Waals surface area contributed by atoms with Crippen molar-refractivity contribution in [3.63, 3.8) is 0 Å². The molecule has 0 saturated heterocycles. The number of nitrogens with one attached hydrogen (secondary N) is 2. The first-order chi connectivity index (χ1) is 16.4. The molecule has 0 aliphatic rings. The Balaban J connectivity index is 1.65. The number of hydrogen-bond donors (Lipinski definition) is 2. The molecule has 3 rings (SSSR count). The van der Waals surface area contributed by atoms with Crippen LogP contribution in [0.1, 0.15) is 31.8 Å². The summed E-state index contributed by atoms with van der Waals surface area (Å²) in [4.78, 5) is 45.6. The average molecular weight is 460 g/mol. The number of carbonyl (C=O) groups excluding carboxylic acids is 2. The SMILES string of the molecule is O=C(NN=Cc1ccccc1[N+](=O)[O-])c1cccc(C(=O)NN=Cc2ccccc2[N+](=O)[O-])c1. The van der Waals surface area contributed by atoms with Gasteiger partial charge >= 0.3 is 0 Å². The van der Waals surface area contributed by atoms with Crippen LogP contribution in [0.4, 0.5) is 11.4 Å². The van der Waals surface area contributed by atoms with Gasteiger partial charge in [0, 0.05) is 23.3 Å². The largest absolute Gasteiger partial charge is 0.278 e. The Kier molecular flexibility index (Phi) is 7.47. The number of nitro benzene ring substituents is 2. The molecule has 0 heterocycles. The second-order valence-electron chi connectivity index (χ2n) is 6.61. The molecule has 3 aromatic carbocycles. The number of nitro groups is 2. The van der Waals surface area contributed by atoms with E-state index in [4.69, 9.17) is 0 Å². The Morgan fingerprint density at radius 3 is 1.50 bits per heavy atom. The lowest BCUT2D eigenvalue weighted by Crippen LogP contribution is -2.21. The Labute approximate surface area is 191 Å². The Morgan fingerprint density at radius 2 is 1.09 bits per heavy atom. The number of para-hydroxylation sites is 2. The fraction of sp³-hybridized carbons (Fsp3) is 0. The zero-order valence-electron chi connectivity index (χ0n) is 17.3. The van der Waals surface area contributed by atoms with Gasteiger partial charge in [-0.25, -0.2) is 10.9 Å². The van der Waals surface area contributed by atoms with E-state index in [0.29, 0.717) is 0 Å². The van der Waals surface area contributed by atoms with Gasteiger partial charge in [-0.1, -0.05) is 30.3 Å². The van der Waals surface area contributed by atoms with Gasteiger partial charge < -0.3 is 0 Å². The van der Waals surface area contributed by atoms with Crippen molar-refractivity contribution in [3.05, 3.63) is 115 Å². The number of benzene rings is 3. The summed E-state index contributed by atoms with van der Waals surface area (Å²) in [6.07, 6.45) is 2.29. The van der Waals surface area contributed by atoms with Crippen molar-refractivity contribution < 1.29 is 19.4 Å². The van der Waals surface area contributed by atoms with Crippen LogP contribution in [-0.2, 0) is 0 Å². The van der Waals surface area contributed by atoms with Crippen LogP contribution in [0.5, 0.6) is 0 Å². The molecule has 0 aromatic heterocycles. The van der Waals surface area contributed by atoms with Crippen LogP contribution >= 0.6 is 0 Å². The Hall–Kier alpha value is -5.26. The first kappa shape index (κ1) is 23.4. The molecule has 12 nitrogen and oxygen atoms in total. The van der Waals surface area contributed by atoms with Gasteiger partial charge in [0.15, 0.2) is 0 Å². The minimum Gasteiger partial charge on any atom is -0.267 e. The lowest BCUT2D eigenvalue weighted by atomic mass is 10.1. The van der Waals surface area contributed by atoms with Gasteiger partial charge in [-0.15, -0.1) is 0 Å². The number of carbonyl (C=O) groups is 2. The molecule has 0 aliphatic carbocycles. The molecular formula is C22H16N6O6. The summed E-state index contributed by atoms with van der Waals surface area (Å²) in [5, 5.41) is 29.5. The van der Waals surface area contributed by atoms with Crippen LogP contribution in [-0.4, -0.2) is 34.1 Å². The molecular weight excluding hydrogens is 444 g/mol. The topological polar surface area (TPSA) is 169 Å². The maximum atomic E-state index is 12.3. The summed E-state index contributed by atoms with van der Waals surface area (Å²) in [6, 6.07) is 17.4. The van der Waals surface area contributed by atoms with E-state index in [2.05, 4.69) is 21.1 Å². The maximum Gasteiger partial charge on any atom is 0.278 e. The van der Waals surface area contributed by atoms with E-state index in [-0.39, 0.29) is 33.6 Å². The third kappa shape index (κ3) is 5.91. The van der Waals surface area contributed by atoms with E-state index in [0.717, 1.165) is 12.4 Å². The third-order valence-electron chi connectivity index (χ3n) is 4.39. The molecule has 0 atom stereocenters. The molecule has 0 saturated carbocycles. The number of hydrazone groups is 2. The van der Waals surface area contributed by atoms with Crippen LogP contribution < -0.4 is 10.9 Å². The van der Waals surface area contributed by atoms with Gasteiger partial charge in [-0.3, -0.25) is 29.8 Å². The zero-order chi connectivity index (χ0) is 24.5. The van der Waals surface area contributed by atoms with Crippen molar-refractivity contribution >= 4 is 35.6 Å². The first-order valence-corrected chi connectivity index (χ1v) is 9.60. The highest BCUT2D eigenvalue weighted by Crippen LogP contribution is 2.16. The van der Waals surface area contributed by atoms with Crippen molar-refractivity contribution in [2.45, 2.75) is 0 Å². The van der Waals surface area contributed by atoms with Gasteiger partial charge in [-0.2, -0.15) is 10.2 Å². The van der Waals surface area contributed by atoms with Crippen molar-refractivity contribution in [2.75, 3.05) is 0 Å². The highest BCUT2D eigenvalue weighted by Gasteiger charge is 2.13. The van der Waals surface area contributed by atoms with Crippen LogP contribution in [0, 0.1) is 20.2 Å². The van der Waals surface area contributed by atoms with Crippen LogP contribution in [0.2, 0.25) is 0 Å². The van der Waals surface area contributed by atoms with Crippen molar-refractivity contribution in [2.24, 2.45) is 10.2 Å². The van der Waals surface area contributed by atoms with Crippen molar-refractivity contribution in [3.8, 4) is 0 Å². The molecule has 2 N–H and O–H groups in total. The summed E-state index contributed by atoms with van der Waals surface area (Å²) in [5.41, 5.74) is 4.78. The maximum absolute atomic E-state index is 12.3. The minimum absolute atomic E-state index is 0.107. The van der Waals surface area contributed by atoms with E-state index in [1.807, 2.05) is 0 Å². The molecule has 2 amide bonds. The monoisotopic (exact) mass is 460 g/mol. The first-order valence-electron chi connectivity index (χ1n) is 9.60. The second kappa shape index (κ2) is 10.9. The van der Waals surface area contributed by atoms with E-state index in [9.17, 15) is 29.8 Å². The summed E-state index contributed by atoms with van der Waals surface area (Å²) < 4.78 is 0. The summed E-state index contributed by atoms with van der Waals surface area (Å²) in [7, 11) is 0. The smallest absolute Gasteiger partial charge is 0.267 e. The molecule has 170 valence electrons. The molecule has 0 spiro atoms. The van der Waals surface area contributed by atoms with E-state index in [1.54, 1.807) is 12.1 Å². The summed E-state index contributed by atoms with van der Waals surface area (Å²) in [5.74, 6) is -1.29. The molecule has 0 bridgehead atoms. The number of rotatable bonds is 8. The lowest BCUT2D eigenvalue weighted by Gasteiger charge is -2.04. The highest BCUT2D eigenvalue weighted by atomic mass is 16.6. The number of amides is 2. The number of nitrogens with zero attached hydrogens (tertiary/aromatic N) is 4. The molecule has 0 unspecified atom stereocenters. The quantitative estimate of drug-likeness (QED) is 0.297. The van der Waals surface area contributed by atoms with Gasteiger partial charge in [0.25, 0.3) is 23.2 Å². The number of hydrogen-bond acceptors (Lipinski definition) is 8. The van der Waals surface area contributed by atoms with Gasteiger partial charge in [-0.05, 0) is 30.3 Å².